The molecule has 0 heterocycles. The Bertz CT molecular complexity index is 819. The second kappa shape index (κ2) is 18.7. The fourth-order valence-electron chi connectivity index (χ4n) is 3.45. The van der Waals surface area contributed by atoms with Crippen LogP contribution in [-0.2, 0) is 24.0 Å². The van der Waals surface area contributed by atoms with Crippen molar-refractivity contribution >= 4 is 35.6 Å². The standard InChI is InChI=1S/C23H45N9O6/c1-3-13(2)18(32-19(34)14(25)7-6-12-29-23(27)28)21(36)30-15(9-10-17(26)33)20(35)31-16(22(37)38)8-4-5-11-24/h13-16,18H,3-12,24-25H2,1-2H3,(H2,26,33)(H,30,36)(H,31,35)(H,32,34)(H,37,38)(H4,27,28,29). The molecule has 5 atom stereocenters. The Labute approximate surface area is 223 Å². The molecule has 0 aliphatic rings. The molecule has 0 aromatic carbocycles. The molecule has 0 saturated carbocycles. The number of primary amides is 1. The van der Waals surface area contributed by atoms with Gasteiger partial charge in [-0.2, -0.15) is 0 Å². The van der Waals surface area contributed by atoms with E-state index in [1.165, 1.54) is 0 Å². The van der Waals surface area contributed by atoms with E-state index in [-0.39, 0.29) is 37.6 Å². The number of guanidine groups is 1. The van der Waals surface area contributed by atoms with Crippen molar-refractivity contribution in [2.75, 3.05) is 13.1 Å². The highest BCUT2D eigenvalue weighted by atomic mass is 16.4. The van der Waals surface area contributed by atoms with Crippen LogP contribution in [0.5, 0.6) is 0 Å². The van der Waals surface area contributed by atoms with Gasteiger partial charge in [-0.25, -0.2) is 4.79 Å². The molecule has 5 unspecified atom stereocenters. The molecule has 0 aliphatic heterocycles. The number of nitrogens with two attached hydrogens (primary N) is 5. The number of nitrogens with zero attached hydrogens (tertiary/aromatic N) is 1. The molecule has 4 amide bonds. The summed E-state index contributed by atoms with van der Waals surface area (Å²) in [7, 11) is 0. The second-order valence-corrected chi connectivity index (χ2v) is 9.18. The van der Waals surface area contributed by atoms with Crippen LogP contribution in [0.3, 0.4) is 0 Å². The van der Waals surface area contributed by atoms with E-state index in [0.29, 0.717) is 38.8 Å². The summed E-state index contributed by atoms with van der Waals surface area (Å²) >= 11 is 0. The van der Waals surface area contributed by atoms with Crippen molar-refractivity contribution in [3.8, 4) is 0 Å². The SMILES string of the molecule is CCC(C)C(NC(=O)C(N)CCCN=C(N)N)C(=O)NC(CCC(N)=O)C(=O)NC(CCCCN)C(=O)O. The van der Waals surface area contributed by atoms with Crippen LogP contribution in [0.15, 0.2) is 4.99 Å². The first kappa shape index (κ1) is 34.5. The molecular formula is C23H45N9O6. The number of nitrogens with one attached hydrogen (secondary N) is 3. The number of carboxylic acid groups (broad SMARTS) is 1. The van der Waals surface area contributed by atoms with Crippen molar-refractivity contribution in [2.24, 2.45) is 39.6 Å². The molecule has 15 heteroatoms. The minimum atomic E-state index is -1.26. The van der Waals surface area contributed by atoms with Gasteiger partial charge < -0.3 is 49.7 Å². The van der Waals surface area contributed by atoms with Crippen molar-refractivity contribution in [2.45, 2.75) is 89.4 Å². The molecule has 0 fully saturated rings. The second-order valence-electron chi connectivity index (χ2n) is 9.18. The van der Waals surface area contributed by atoms with Crippen LogP contribution in [0.1, 0.15) is 65.2 Å². The molecular weight excluding hydrogens is 498 g/mol. The van der Waals surface area contributed by atoms with E-state index in [1.54, 1.807) is 6.92 Å². The van der Waals surface area contributed by atoms with E-state index < -0.39 is 53.8 Å². The molecule has 0 rings (SSSR count). The highest BCUT2D eigenvalue weighted by Crippen LogP contribution is 2.11. The first-order chi connectivity index (χ1) is 17.8. The monoisotopic (exact) mass is 543 g/mol. The lowest BCUT2D eigenvalue weighted by atomic mass is 9.96. The summed E-state index contributed by atoms with van der Waals surface area (Å²) in [6.45, 7) is 4.23. The van der Waals surface area contributed by atoms with E-state index in [0.717, 1.165) is 0 Å². The quantitative estimate of drug-likeness (QED) is 0.0436. The van der Waals surface area contributed by atoms with Crippen LogP contribution in [0.4, 0.5) is 0 Å². The Morgan fingerprint density at radius 3 is 2.00 bits per heavy atom. The third-order valence-corrected chi connectivity index (χ3v) is 5.97. The minimum absolute atomic E-state index is 0.0725. The first-order valence-corrected chi connectivity index (χ1v) is 12.8. The molecule has 0 aromatic heterocycles. The number of aliphatic carboxylic acids is 1. The van der Waals surface area contributed by atoms with Gasteiger partial charge in [0.1, 0.15) is 18.1 Å². The Morgan fingerprint density at radius 1 is 0.842 bits per heavy atom. The number of hydrogen-bond donors (Lipinski definition) is 9. The zero-order chi connectivity index (χ0) is 29.3. The van der Waals surface area contributed by atoms with Gasteiger partial charge >= 0.3 is 5.97 Å². The Morgan fingerprint density at radius 2 is 1.47 bits per heavy atom. The van der Waals surface area contributed by atoms with E-state index >= 15 is 0 Å². The molecule has 14 N–H and O–H groups in total. The van der Waals surface area contributed by atoms with Crippen molar-refractivity contribution in [3.63, 3.8) is 0 Å². The van der Waals surface area contributed by atoms with Gasteiger partial charge in [-0.15, -0.1) is 0 Å². The summed E-state index contributed by atoms with van der Waals surface area (Å²) in [5.74, 6) is -4.39. The molecule has 0 radical (unpaired) electrons. The largest absolute Gasteiger partial charge is 0.480 e. The van der Waals surface area contributed by atoms with Crippen LogP contribution in [0.2, 0.25) is 0 Å². The van der Waals surface area contributed by atoms with Gasteiger partial charge in [0.25, 0.3) is 0 Å². The summed E-state index contributed by atoms with van der Waals surface area (Å²) in [6, 6.07) is -4.44. The topological polar surface area (TPSA) is 284 Å². The van der Waals surface area contributed by atoms with Crippen molar-refractivity contribution in [1.82, 2.24) is 16.0 Å². The molecule has 15 nitrogen and oxygen atoms in total. The van der Waals surface area contributed by atoms with E-state index in [4.69, 9.17) is 28.7 Å². The number of aliphatic imine (C=N–C) groups is 1. The number of amides is 4. The Balaban J connectivity index is 5.50. The highest BCUT2D eigenvalue weighted by Gasteiger charge is 2.32. The summed E-state index contributed by atoms with van der Waals surface area (Å²) in [5, 5.41) is 17.0. The lowest BCUT2D eigenvalue weighted by Crippen LogP contribution is -2.58. The zero-order valence-electron chi connectivity index (χ0n) is 22.3. The average Bonchev–Trinajstić information content (AvgIpc) is 2.85. The molecule has 0 bridgehead atoms. The lowest BCUT2D eigenvalue weighted by Gasteiger charge is -2.28. The number of carbonyl (C=O) groups is 5. The van der Waals surface area contributed by atoms with Crippen molar-refractivity contribution < 1.29 is 29.1 Å². The van der Waals surface area contributed by atoms with Crippen LogP contribution in [0, 0.1) is 5.92 Å². The third kappa shape index (κ3) is 14.3. The average molecular weight is 544 g/mol. The van der Waals surface area contributed by atoms with Gasteiger partial charge in [0, 0.05) is 13.0 Å². The van der Waals surface area contributed by atoms with Crippen molar-refractivity contribution in [1.29, 1.82) is 0 Å². The molecule has 0 aromatic rings. The molecule has 0 aliphatic carbocycles. The number of carbonyl (C=O) groups excluding carboxylic acids is 4. The zero-order valence-corrected chi connectivity index (χ0v) is 22.3. The summed E-state index contributed by atoms with van der Waals surface area (Å²) in [5.41, 5.74) is 27.2. The Hall–Kier alpha value is -3.46. The highest BCUT2D eigenvalue weighted by molar-refractivity contribution is 5.94. The Kier molecular flexibility index (Phi) is 17.0. The number of hydrogen-bond acceptors (Lipinski definition) is 8. The maximum absolute atomic E-state index is 13.2. The lowest BCUT2D eigenvalue weighted by molar-refractivity contribution is -0.142. The number of rotatable bonds is 20. The maximum atomic E-state index is 13.2. The van der Waals surface area contributed by atoms with Gasteiger partial charge in [0.15, 0.2) is 5.96 Å². The normalized spacial score (nSPS) is 14.7. The van der Waals surface area contributed by atoms with E-state index in [9.17, 15) is 29.1 Å². The molecule has 0 saturated heterocycles. The van der Waals surface area contributed by atoms with Crippen molar-refractivity contribution in [3.05, 3.63) is 0 Å². The smallest absolute Gasteiger partial charge is 0.326 e. The molecule has 218 valence electrons. The van der Waals surface area contributed by atoms with Crippen LogP contribution in [0.25, 0.3) is 0 Å². The van der Waals surface area contributed by atoms with Crippen LogP contribution < -0.4 is 44.6 Å². The summed E-state index contributed by atoms with van der Waals surface area (Å²) in [6.07, 6.45) is 2.02. The third-order valence-electron chi connectivity index (χ3n) is 5.97. The van der Waals surface area contributed by atoms with Gasteiger partial charge in [-0.1, -0.05) is 20.3 Å². The fraction of sp³-hybridized carbons (Fsp3) is 0.739. The van der Waals surface area contributed by atoms with Crippen LogP contribution >= 0.6 is 0 Å². The molecule has 38 heavy (non-hydrogen) atoms. The van der Waals surface area contributed by atoms with E-state index in [2.05, 4.69) is 20.9 Å². The van der Waals surface area contributed by atoms with Crippen LogP contribution in [-0.4, -0.2) is 77.9 Å². The number of unbranched alkanes of at least 4 members (excludes halogenated alkanes) is 1. The molecule has 0 spiro atoms. The minimum Gasteiger partial charge on any atom is -0.480 e. The fourth-order valence-corrected chi connectivity index (χ4v) is 3.45. The number of carboxylic acids is 1. The van der Waals surface area contributed by atoms with E-state index in [1.807, 2.05) is 6.92 Å². The van der Waals surface area contributed by atoms with Gasteiger partial charge in [-0.3, -0.25) is 24.2 Å². The summed E-state index contributed by atoms with van der Waals surface area (Å²) in [4.78, 5) is 65.6. The first-order valence-electron chi connectivity index (χ1n) is 12.8. The van der Waals surface area contributed by atoms with Gasteiger partial charge in [0.2, 0.25) is 23.6 Å². The summed E-state index contributed by atoms with van der Waals surface area (Å²) < 4.78 is 0. The maximum Gasteiger partial charge on any atom is 0.326 e. The predicted molar refractivity (Wildman–Crippen MR) is 142 cm³/mol. The van der Waals surface area contributed by atoms with Gasteiger partial charge in [-0.05, 0) is 51.0 Å². The predicted octanol–water partition coefficient (Wildman–Crippen LogP) is -2.65. The van der Waals surface area contributed by atoms with Gasteiger partial charge in [0.05, 0.1) is 6.04 Å².